The zero-order chi connectivity index (χ0) is 15.0. The molecule has 0 aliphatic rings. The van der Waals surface area contributed by atoms with E-state index in [0.717, 1.165) is 26.6 Å². The number of fused-ring (bicyclic) bond motifs is 1. The van der Waals surface area contributed by atoms with E-state index in [9.17, 15) is 4.79 Å². The van der Waals surface area contributed by atoms with E-state index in [4.69, 9.17) is 0 Å². The molecule has 2 N–H and O–H groups in total. The van der Waals surface area contributed by atoms with Gasteiger partial charge in [-0.3, -0.25) is 4.79 Å². The molecule has 0 aliphatic heterocycles. The van der Waals surface area contributed by atoms with Crippen LogP contribution in [0.15, 0.2) is 46.9 Å². The van der Waals surface area contributed by atoms with Crippen molar-refractivity contribution in [2.75, 3.05) is 5.32 Å². The number of rotatable bonds is 2. The van der Waals surface area contributed by atoms with Gasteiger partial charge in [-0.1, -0.05) is 27.6 Å². The van der Waals surface area contributed by atoms with Crippen LogP contribution in [0.3, 0.4) is 0 Å². The van der Waals surface area contributed by atoms with Crippen LogP contribution >= 0.6 is 15.9 Å². The number of amides is 1. The lowest BCUT2D eigenvalue weighted by Crippen LogP contribution is -2.13. The van der Waals surface area contributed by atoms with Crippen molar-refractivity contribution in [1.29, 1.82) is 0 Å². The minimum absolute atomic E-state index is 0.130. The van der Waals surface area contributed by atoms with Crippen molar-refractivity contribution >= 4 is 38.4 Å². The summed E-state index contributed by atoms with van der Waals surface area (Å²) >= 11 is 3.42. The minimum Gasteiger partial charge on any atom is -0.351 e. The Morgan fingerprint density at radius 2 is 1.90 bits per heavy atom. The molecule has 0 spiro atoms. The van der Waals surface area contributed by atoms with Gasteiger partial charge in [-0.15, -0.1) is 0 Å². The van der Waals surface area contributed by atoms with Gasteiger partial charge in [0.05, 0.1) is 0 Å². The second-order valence-electron chi connectivity index (χ2n) is 5.19. The van der Waals surface area contributed by atoms with E-state index in [0.29, 0.717) is 5.69 Å². The quantitative estimate of drug-likeness (QED) is 0.690. The first-order valence-corrected chi connectivity index (χ1v) is 7.49. The Kier molecular flexibility index (Phi) is 3.55. The smallest absolute Gasteiger partial charge is 0.272 e. The number of H-pyrrole nitrogens is 1. The molecule has 0 bridgehead atoms. The van der Waals surface area contributed by atoms with Crippen molar-refractivity contribution in [3.8, 4) is 0 Å². The molecular weight excluding hydrogens is 328 g/mol. The Morgan fingerprint density at radius 3 is 2.67 bits per heavy atom. The van der Waals surface area contributed by atoms with Gasteiger partial charge in [-0.05, 0) is 55.8 Å². The summed E-state index contributed by atoms with van der Waals surface area (Å²) < 4.78 is 0.999. The van der Waals surface area contributed by atoms with Crippen LogP contribution in [0.1, 0.15) is 21.6 Å². The number of halogens is 1. The summed E-state index contributed by atoms with van der Waals surface area (Å²) in [6.07, 6.45) is 0. The number of benzene rings is 2. The van der Waals surface area contributed by atoms with Crippen molar-refractivity contribution in [2.24, 2.45) is 0 Å². The maximum Gasteiger partial charge on any atom is 0.272 e. The maximum atomic E-state index is 12.4. The molecular formula is C17H15BrN2O. The van der Waals surface area contributed by atoms with Crippen LogP contribution < -0.4 is 5.32 Å². The zero-order valence-electron chi connectivity index (χ0n) is 11.8. The Bertz CT molecular complexity index is 836. The van der Waals surface area contributed by atoms with Gasteiger partial charge in [0.1, 0.15) is 5.69 Å². The van der Waals surface area contributed by atoms with Gasteiger partial charge in [-0.2, -0.15) is 0 Å². The molecule has 0 saturated carbocycles. The van der Waals surface area contributed by atoms with Crippen molar-refractivity contribution in [1.82, 2.24) is 4.98 Å². The standard InChI is InChI=1S/C17H15BrN2O/c1-10-3-5-15-12(7-10)9-16(19-15)17(21)20-14-6-4-13(18)8-11(14)2/h3-9,19H,1-2H3,(H,20,21). The van der Waals surface area contributed by atoms with Crippen LogP contribution in [-0.4, -0.2) is 10.9 Å². The highest BCUT2D eigenvalue weighted by Crippen LogP contribution is 2.22. The largest absolute Gasteiger partial charge is 0.351 e. The first-order chi connectivity index (χ1) is 10.0. The fourth-order valence-corrected chi connectivity index (χ4v) is 2.81. The number of nitrogens with one attached hydrogen (secondary N) is 2. The molecule has 0 radical (unpaired) electrons. The lowest BCUT2D eigenvalue weighted by atomic mass is 10.2. The van der Waals surface area contributed by atoms with Gasteiger partial charge in [0.25, 0.3) is 5.91 Å². The topological polar surface area (TPSA) is 44.9 Å². The molecule has 0 unspecified atom stereocenters. The number of aryl methyl sites for hydroxylation is 2. The molecule has 1 heterocycles. The lowest BCUT2D eigenvalue weighted by Gasteiger charge is -2.07. The van der Waals surface area contributed by atoms with E-state index in [1.54, 1.807) is 0 Å². The Labute approximate surface area is 131 Å². The Hall–Kier alpha value is -2.07. The second kappa shape index (κ2) is 5.37. The van der Waals surface area contributed by atoms with Crippen LogP contribution in [0.4, 0.5) is 5.69 Å². The third kappa shape index (κ3) is 2.85. The number of anilines is 1. The van der Waals surface area contributed by atoms with Crippen LogP contribution in [0.5, 0.6) is 0 Å². The molecule has 0 aliphatic carbocycles. The third-order valence-electron chi connectivity index (χ3n) is 3.46. The molecule has 0 fully saturated rings. The van der Waals surface area contributed by atoms with Gasteiger partial charge in [0.15, 0.2) is 0 Å². The summed E-state index contributed by atoms with van der Waals surface area (Å²) in [6.45, 7) is 4.01. The highest BCUT2D eigenvalue weighted by molar-refractivity contribution is 9.10. The monoisotopic (exact) mass is 342 g/mol. The maximum absolute atomic E-state index is 12.4. The van der Waals surface area contributed by atoms with E-state index in [-0.39, 0.29) is 5.91 Å². The molecule has 4 heteroatoms. The van der Waals surface area contributed by atoms with E-state index in [1.807, 2.05) is 50.2 Å². The lowest BCUT2D eigenvalue weighted by molar-refractivity contribution is 0.102. The van der Waals surface area contributed by atoms with E-state index >= 15 is 0 Å². The minimum atomic E-state index is -0.130. The number of aromatic amines is 1. The van der Waals surface area contributed by atoms with Gasteiger partial charge >= 0.3 is 0 Å². The molecule has 3 aromatic rings. The average Bonchev–Trinajstić information content (AvgIpc) is 2.85. The summed E-state index contributed by atoms with van der Waals surface area (Å²) in [5, 5.41) is 3.99. The van der Waals surface area contributed by atoms with Crippen molar-refractivity contribution < 1.29 is 4.79 Å². The summed E-state index contributed by atoms with van der Waals surface area (Å²) in [4.78, 5) is 15.5. The van der Waals surface area contributed by atoms with Gasteiger partial charge in [0.2, 0.25) is 0 Å². The molecule has 2 aromatic carbocycles. The van der Waals surface area contributed by atoms with Gasteiger partial charge in [0, 0.05) is 21.1 Å². The fourth-order valence-electron chi connectivity index (χ4n) is 2.33. The fraction of sp³-hybridized carbons (Fsp3) is 0.118. The number of hydrogen-bond donors (Lipinski definition) is 2. The summed E-state index contributed by atoms with van der Waals surface area (Å²) in [6, 6.07) is 13.7. The Balaban J connectivity index is 1.89. The normalized spacial score (nSPS) is 10.8. The molecule has 1 amide bonds. The molecule has 0 atom stereocenters. The first kappa shape index (κ1) is 13.9. The van der Waals surface area contributed by atoms with E-state index in [1.165, 1.54) is 5.56 Å². The third-order valence-corrected chi connectivity index (χ3v) is 3.95. The number of aromatic nitrogens is 1. The number of carbonyl (C=O) groups is 1. The highest BCUT2D eigenvalue weighted by atomic mass is 79.9. The summed E-state index contributed by atoms with van der Waals surface area (Å²) in [5.41, 5.74) is 4.55. The molecule has 1 aromatic heterocycles. The first-order valence-electron chi connectivity index (χ1n) is 6.70. The average molecular weight is 343 g/mol. The Morgan fingerprint density at radius 1 is 1.10 bits per heavy atom. The van der Waals surface area contributed by atoms with Gasteiger partial charge in [-0.25, -0.2) is 0 Å². The molecule has 0 saturated heterocycles. The predicted octanol–water partition coefficient (Wildman–Crippen LogP) is 4.80. The molecule has 106 valence electrons. The van der Waals surface area contributed by atoms with Crippen LogP contribution in [0, 0.1) is 13.8 Å². The van der Waals surface area contributed by atoms with Crippen LogP contribution in [0.25, 0.3) is 10.9 Å². The van der Waals surface area contributed by atoms with Gasteiger partial charge < -0.3 is 10.3 Å². The summed E-state index contributed by atoms with van der Waals surface area (Å²) in [5.74, 6) is -0.130. The van der Waals surface area contributed by atoms with E-state index < -0.39 is 0 Å². The molecule has 3 rings (SSSR count). The number of hydrogen-bond acceptors (Lipinski definition) is 1. The SMILES string of the molecule is Cc1ccc2[nH]c(C(=O)Nc3ccc(Br)cc3C)cc2c1. The molecule has 3 nitrogen and oxygen atoms in total. The van der Waals surface area contributed by atoms with Crippen LogP contribution in [-0.2, 0) is 0 Å². The highest BCUT2D eigenvalue weighted by Gasteiger charge is 2.11. The second-order valence-corrected chi connectivity index (χ2v) is 6.10. The van der Waals surface area contributed by atoms with Crippen LogP contribution in [0.2, 0.25) is 0 Å². The molecule has 21 heavy (non-hydrogen) atoms. The van der Waals surface area contributed by atoms with Crippen molar-refractivity contribution in [3.63, 3.8) is 0 Å². The zero-order valence-corrected chi connectivity index (χ0v) is 13.4. The van der Waals surface area contributed by atoms with Crippen molar-refractivity contribution in [3.05, 3.63) is 63.8 Å². The predicted molar refractivity (Wildman–Crippen MR) is 89.9 cm³/mol. The van der Waals surface area contributed by atoms with E-state index in [2.05, 4.69) is 32.3 Å². The summed E-state index contributed by atoms with van der Waals surface area (Å²) in [7, 11) is 0. The van der Waals surface area contributed by atoms with Crippen molar-refractivity contribution in [2.45, 2.75) is 13.8 Å². The number of carbonyl (C=O) groups excluding carboxylic acids is 1.